The second kappa shape index (κ2) is 7.21. The Balaban J connectivity index is 1.75. The zero-order chi connectivity index (χ0) is 18.6. The lowest BCUT2D eigenvalue weighted by Gasteiger charge is -2.20. The van der Waals surface area contributed by atoms with Gasteiger partial charge in [0.15, 0.2) is 11.6 Å². The van der Waals surface area contributed by atoms with Crippen LogP contribution >= 0.6 is 0 Å². The van der Waals surface area contributed by atoms with Crippen molar-refractivity contribution < 1.29 is 14.2 Å². The lowest BCUT2D eigenvalue weighted by molar-refractivity contribution is 0.0541. The number of aromatic nitrogens is 4. The molecule has 2 heterocycles. The summed E-state index contributed by atoms with van der Waals surface area (Å²) in [6.07, 6.45) is -0.647. The van der Waals surface area contributed by atoms with Gasteiger partial charge in [0.25, 0.3) is 0 Å². The molecule has 3 aromatic rings. The fourth-order valence-electron chi connectivity index (χ4n) is 2.04. The van der Waals surface area contributed by atoms with Gasteiger partial charge in [-0.15, -0.1) is 0 Å². The molecule has 0 bridgehead atoms. The van der Waals surface area contributed by atoms with E-state index >= 15 is 0 Å². The van der Waals surface area contributed by atoms with Gasteiger partial charge in [-0.1, -0.05) is 30.3 Å². The summed E-state index contributed by atoms with van der Waals surface area (Å²) in [5, 5.41) is 10.5. The number of carbonyl (C=O) groups excluding carboxylic acids is 1. The molecule has 3 rings (SSSR count). The number of benzene rings is 1. The number of hydrazine groups is 1. The van der Waals surface area contributed by atoms with Crippen molar-refractivity contribution in [2.24, 2.45) is 0 Å². The van der Waals surface area contributed by atoms with Crippen LogP contribution in [0.3, 0.4) is 0 Å². The van der Waals surface area contributed by atoms with Gasteiger partial charge in [0, 0.05) is 6.54 Å². The first kappa shape index (κ1) is 17.4. The van der Waals surface area contributed by atoms with Gasteiger partial charge in [-0.3, -0.25) is 5.43 Å². The number of amides is 1. The standard InChI is InChI=1S/C16H19N7O3/c1-16(2,3)25-15(24)21-20-12-11(17-9-10-7-5-4-6-8-10)18-13-14(19-12)23-26-22-13/h4-8H,9H2,1-3H3,(H,21,24)(H,17,18,22)(H,19,20,23). The van der Waals surface area contributed by atoms with Crippen LogP contribution in [-0.4, -0.2) is 32.0 Å². The predicted molar refractivity (Wildman–Crippen MR) is 94.2 cm³/mol. The van der Waals surface area contributed by atoms with E-state index in [1.807, 2.05) is 30.3 Å². The Labute approximate surface area is 149 Å². The van der Waals surface area contributed by atoms with Crippen LogP contribution in [0.5, 0.6) is 0 Å². The Morgan fingerprint density at radius 3 is 2.38 bits per heavy atom. The largest absolute Gasteiger partial charge is 0.443 e. The summed E-state index contributed by atoms with van der Waals surface area (Å²) in [7, 11) is 0. The molecule has 0 spiro atoms. The second-order valence-corrected chi connectivity index (χ2v) is 6.42. The molecule has 136 valence electrons. The molecule has 0 saturated carbocycles. The second-order valence-electron chi connectivity index (χ2n) is 6.42. The zero-order valence-electron chi connectivity index (χ0n) is 14.6. The Bertz CT molecular complexity index is 890. The van der Waals surface area contributed by atoms with Crippen LogP contribution in [0.25, 0.3) is 11.3 Å². The van der Waals surface area contributed by atoms with Gasteiger partial charge in [0.1, 0.15) is 5.60 Å². The van der Waals surface area contributed by atoms with E-state index in [9.17, 15) is 4.79 Å². The van der Waals surface area contributed by atoms with Gasteiger partial charge >= 0.3 is 6.09 Å². The monoisotopic (exact) mass is 357 g/mol. The average Bonchev–Trinajstić information content (AvgIpc) is 3.04. The van der Waals surface area contributed by atoms with Gasteiger partial charge < -0.3 is 10.1 Å². The van der Waals surface area contributed by atoms with Crippen molar-refractivity contribution in [2.45, 2.75) is 32.9 Å². The molecule has 3 N–H and O–H groups in total. The van der Waals surface area contributed by atoms with Crippen molar-refractivity contribution in [3.63, 3.8) is 0 Å². The smallest absolute Gasteiger partial charge is 0.426 e. The lowest BCUT2D eigenvalue weighted by atomic mass is 10.2. The number of hydrogen-bond donors (Lipinski definition) is 3. The van der Waals surface area contributed by atoms with Crippen molar-refractivity contribution in [3.8, 4) is 0 Å². The topological polar surface area (TPSA) is 127 Å². The molecule has 10 nitrogen and oxygen atoms in total. The van der Waals surface area contributed by atoms with E-state index in [1.54, 1.807) is 20.8 Å². The number of nitrogens with one attached hydrogen (secondary N) is 3. The van der Waals surface area contributed by atoms with Gasteiger partial charge in [-0.05, 0) is 36.6 Å². The average molecular weight is 357 g/mol. The van der Waals surface area contributed by atoms with Crippen LogP contribution in [0.1, 0.15) is 26.3 Å². The molecule has 0 fully saturated rings. The normalized spacial score (nSPS) is 11.2. The highest BCUT2D eigenvalue weighted by Gasteiger charge is 2.17. The van der Waals surface area contributed by atoms with E-state index in [4.69, 9.17) is 4.74 Å². The molecular weight excluding hydrogens is 338 g/mol. The highest BCUT2D eigenvalue weighted by atomic mass is 16.6. The van der Waals surface area contributed by atoms with E-state index < -0.39 is 11.7 Å². The van der Waals surface area contributed by atoms with Gasteiger partial charge in [-0.25, -0.2) is 19.8 Å². The highest BCUT2D eigenvalue weighted by Crippen LogP contribution is 2.19. The number of hydrogen-bond acceptors (Lipinski definition) is 9. The summed E-state index contributed by atoms with van der Waals surface area (Å²) in [4.78, 5) is 20.4. The fourth-order valence-corrected chi connectivity index (χ4v) is 2.04. The number of rotatable bonds is 5. The molecule has 0 unspecified atom stereocenters. The van der Waals surface area contributed by atoms with Crippen molar-refractivity contribution >= 4 is 29.0 Å². The summed E-state index contributed by atoms with van der Waals surface area (Å²) < 4.78 is 9.81. The van der Waals surface area contributed by atoms with Crippen LogP contribution in [0, 0.1) is 0 Å². The SMILES string of the molecule is CC(C)(C)OC(=O)NNc1nc2nonc2nc1NCc1ccccc1. The number of anilines is 2. The number of fused-ring (bicyclic) bond motifs is 1. The van der Waals surface area contributed by atoms with Crippen LogP contribution in [0.4, 0.5) is 16.4 Å². The molecule has 0 saturated heterocycles. The van der Waals surface area contributed by atoms with Crippen LogP contribution < -0.4 is 16.2 Å². The van der Waals surface area contributed by atoms with E-state index in [0.717, 1.165) is 5.56 Å². The summed E-state index contributed by atoms with van der Waals surface area (Å²) in [6.45, 7) is 5.82. The molecule has 0 atom stereocenters. The maximum absolute atomic E-state index is 11.8. The number of nitrogens with zero attached hydrogens (tertiary/aromatic N) is 4. The molecule has 1 aromatic carbocycles. The molecule has 26 heavy (non-hydrogen) atoms. The predicted octanol–water partition coefficient (Wildman–Crippen LogP) is 2.48. The zero-order valence-corrected chi connectivity index (χ0v) is 14.6. The van der Waals surface area contributed by atoms with E-state index in [0.29, 0.717) is 12.4 Å². The molecule has 10 heteroatoms. The van der Waals surface area contributed by atoms with Gasteiger partial charge in [0.05, 0.1) is 0 Å². The first-order valence-electron chi connectivity index (χ1n) is 7.94. The minimum absolute atomic E-state index is 0.212. The maximum Gasteiger partial charge on any atom is 0.426 e. The van der Waals surface area contributed by atoms with Gasteiger partial charge in [0.2, 0.25) is 11.3 Å². The third-order valence-electron chi connectivity index (χ3n) is 3.10. The van der Waals surface area contributed by atoms with Crippen LogP contribution in [-0.2, 0) is 11.3 Å². The van der Waals surface area contributed by atoms with Crippen molar-refractivity contribution in [3.05, 3.63) is 35.9 Å². The van der Waals surface area contributed by atoms with Crippen molar-refractivity contribution in [1.82, 2.24) is 25.7 Å². The van der Waals surface area contributed by atoms with Crippen molar-refractivity contribution in [2.75, 3.05) is 10.7 Å². The Morgan fingerprint density at radius 2 is 1.73 bits per heavy atom. The van der Waals surface area contributed by atoms with E-state index in [-0.39, 0.29) is 17.1 Å². The Morgan fingerprint density at radius 1 is 1.08 bits per heavy atom. The highest BCUT2D eigenvalue weighted by molar-refractivity contribution is 5.75. The Kier molecular flexibility index (Phi) is 4.83. The maximum atomic E-state index is 11.8. The minimum atomic E-state index is -0.647. The summed E-state index contributed by atoms with van der Waals surface area (Å²) in [5.74, 6) is 0.642. The first-order chi connectivity index (χ1) is 12.4. The number of ether oxygens (including phenoxy) is 1. The quantitative estimate of drug-likeness (QED) is 0.590. The van der Waals surface area contributed by atoms with Gasteiger partial charge in [-0.2, -0.15) is 4.98 Å². The summed E-state index contributed by atoms with van der Waals surface area (Å²) in [5.41, 5.74) is 6.00. The first-order valence-corrected chi connectivity index (χ1v) is 7.94. The summed E-state index contributed by atoms with van der Waals surface area (Å²) in [6, 6.07) is 9.77. The van der Waals surface area contributed by atoms with Crippen LogP contribution in [0.2, 0.25) is 0 Å². The molecule has 0 radical (unpaired) electrons. The Hall–Kier alpha value is -3.43. The molecule has 0 aliphatic heterocycles. The van der Waals surface area contributed by atoms with E-state index in [1.165, 1.54) is 0 Å². The molecular formula is C16H19N7O3. The van der Waals surface area contributed by atoms with Crippen LogP contribution in [0.15, 0.2) is 35.0 Å². The lowest BCUT2D eigenvalue weighted by Crippen LogP contribution is -2.36. The molecule has 0 aliphatic rings. The van der Waals surface area contributed by atoms with Crippen molar-refractivity contribution in [1.29, 1.82) is 0 Å². The molecule has 0 aliphatic carbocycles. The molecule has 2 aromatic heterocycles. The third-order valence-corrected chi connectivity index (χ3v) is 3.10. The number of carbonyl (C=O) groups is 1. The summed E-state index contributed by atoms with van der Waals surface area (Å²) >= 11 is 0. The minimum Gasteiger partial charge on any atom is -0.443 e. The molecule has 1 amide bonds. The fraction of sp³-hybridized carbons (Fsp3) is 0.312. The van der Waals surface area contributed by atoms with E-state index in [2.05, 4.69) is 41.1 Å². The third kappa shape index (κ3) is 4.56.